The minimum absolute atomic E-state index is 0.122. The molecule has 3 aromatic rings. The molecular formula is C25H19N3O4. The standard InChI is InChI=1S/C25H19N3O4/c1-31-19-12-13-21(32-2)20(14-19)27-23-22(17-6-4-3-5-7-17)24(29)28(25(23)30)18-10-8-16(15-26)9-11-18/h3-14,27H,1-2H3. The van der Waals surface area contributed by atoms with Crippen molar-refractivity contribution in [3.63, 3.8) is 0 Å². The number of amides is 2. The first-order chi connectivity index (χ1) is 15.6. The van der Waals surface area contributed by atoms with Crippen LogP contribution in [0.3, 0.4) is 0 Å². The molecule has 0 bridgehead atoms. The molecule has 158 valence electrons. The second-order valence-corrected chi connectivity index (χ2v) is 6.91. The van der Waals surface area contributed by atoms with Gasteiger partial charge in [0.2, 0.25) is 0 Å². The number of carbonyl (C=O) groups excluding carboxylic acids is 2. The first kappa shape index (κ1) is 20.7. The van der Waals surface area contributed by atoms with Gasteiger partial charge in [0, 0.05) is 6.07 Å². The van der Waals surface area contributed by atoms with Gasteiger partial charge in [-0.1, -0.05) is 30.3 Å². The molecule has 0 aromatic heterocycles. The molecule has 0 fully saturated rings. The lowest BCUT2D eigenvalue weighted by Crippen LogP contribution is -2.32. The summed E-state index contributed by atoms with van der Waals surface area (Å²) in [5.74, 6) is 0.0809. The lowest BCUT2D eigenvalue weighted by Gasteiger charge is -2.16. The summed E-state index contributed by atoms with van der Waals surface area (Å²) in [6, 6.07) is 22.4. The Labute approximate surface area is 185 Å². The number of rotatable bonds is 6. The molecule has 0 radical (unpaired) electrons. The van der Waals surface area contributed by atoms with E-state index in [-0.39, 0.29) is 11.3 Å². The van der Waals surface area contributed by atoms with Crippen molar-refractivity contribution in [1.29, 1.82) is 5.26 Å². The van der Waals surface area contributed by atoms with Crippen LogP contribution in [0.15, 0.2) is 78.5 Å². The number of nitrogens with zero attached hydrogens (tertiary/aromatic N) is 2. The number of imide groups is 1. The van der Waals surface area contributed by atoms with E-state index in [1.807, 2.05) is 12.1 Å². The van der Waals surface area contributed by atoms with Gasteiger partial charge in [0.15, 0.2) is 0 Å². The summed E-state index contributed by atoms with van der Waals surface area (Å²) in [6.07, 6.45) is 0. The van der Waals surface area contributed by atoms with Crippen molar-refractivity contribution in [3.8, 4) is 17.6 Å². The quantitative estimate of drug-likeness (QED) is 0.601. The van der Waals surface area contributed by atoms with Crippen LogP contribution in [-0.4, -0.2) is 26.0 Å². The average molecular weight is 425 g/mol. The fraction of sp³-hybridized carbons (Fsp3) is 0.0800. The van der Waals surface area contributed by atoms with Crippen molar-refractivity contribution in [1.82, 2.24) is 0 Å². The average Bonchev–Trinajstić information content (AvgIpc) is 3.08. The van der Waals surface area contributed by atoms with Crippen LogP contribution in [0.2, 0.25) is 0 Å². The van der Waals surface area contributed by atoms with Crippen LogP contribution in [0.25, 0.3) is 5.57 Å². The summed E-state index contributed by atoms with van der Waals surface area (Å²) in [7, 11) is 3.06. The highest BCUT2D eigenvalue weighted by molar-refractivity contribution is 6.46. The number of anilines is 2. The summed E-state index contributed by atoms with van der Waals surface area (Å²) >= 11 is 0. The van der Waals surface area contributed by atoms with E-state index in [1.165, 1.54) is 14.2 Å². The van der Waals surface area contributed by atoms with Crippen LogP contribution in [0, 0.1) is 11.3 Å². The van der Waals surface area contributed by atoms with Crippen LogP contribution in [0.4, 0.5) is 11.4 Å². The Kier molecular flexibility index (Phi) is 5.60. The van der Waals surface area contributed by atoms with E-state index in [9.17, 15) is 9.59 Å². The molecule has 7 heteroatoms. The van der Waals surface area contributed by atoms with Crippen molar-refractivity contribution in [2.45, 2.75) is 0 Å². The van der Waals surface area contributed by atoms with Crippen molar-refractivity contribution in [3.05, 3.63) is 89.6 Å². The maximum absolute atomic E-state index is 13.5. The van der Waals surface area contributed by atoms with Gasteiger partial charge in [0.1, 0.15) is 17.2 Å². The molecule has 0 spiro atoms. The third kappa shape index (κ3) is 3.66. The number of carbonyl (C=O) groups is 2. The zero-order chi connectivity index (χ0) is 22.7. The molecule has 7 nitrogen and oxygen atoms in total. The summed E-state index contributed by atoms with van der Waals surface area (Å²) in [4.78, 5) is 28.0. The van der Waals surface area contributed by atoms with Gasteiger partial charge in [-0.05, 0) is 42.0 Å². The number of methoxy groups -OCH3 is 2. The fourth-order valence-corrected chi connectivity index (χ4v) is 3.48. The Morgan fingerprint density at radius 2 is 1.59 bits per heavy atom. The Morgan fingerprint density at radius 3 is 2.22 bits per heavy atom. The monoisotopic (exact) mass is 425 g/mol. The predicted molar refractivity (Wildman–Crippen MR) is 120 cm³/mol. The minimum atomic E-state index is -0.511. The Bertz CT molecular complexity index is 1260. The molecule has 0 saturated carbocycles. The first-order valence-electron chi connectivity index (χ1n) is 9.75. The molecule has 0 saturated heterocycles. The number of nitriles is 1. The molecule has 3 aromatic carbocycles. The van der Waals surface area contributed by atoms with E-state index >= 15 is 0 Å². The maximum atomic E-state index is 13.5. The van der Waals surface area contributed by atoms with Crippen molar-refractivity contribution < 1.29 is 19.1 Å². The number of hydrogen-bond donors (Lipinski definition) is 1. The third-order valence-corrected chi connectivity index (χ3v) is 5.07. The molecule has 4 rings (SSSR count). The zero-order valence-electron chi connectivity index (χ0n) is 17.5. The van der Waals surface area contributed by atoms with Crippen molar-refractivity contribution in [2.75, 3.05) is 24.4 Å². The molecular weight excluding hydrogens is 406 g/mol. The number of ether oxygens (including phenoxy) is 2. The van der Waals surface area contributed by atoms with Crippen molar-refractivity contribution in [2.24, 2.45) is 0 Å². The van der Waals surface area contributed by atoms with E-state index in [2.05, 4.69) is 5.32 Å². The van der Waals surface area contributed by atoms with Crippen LogP contribution in [0.5, 0.6) is 11.5 Å². The van der Waals surface area contributed by atoms with E-state index in [4.69, 9.17) is 14.7 Å². The first-order valence-corrected chi connectivity index (χ1v) is 9.75. The van der Waals surface area contributed by atoms with Gasteiger partial charge in [0.25, 0.3) is 11.8 Å². The second kappa shape index (κ2) is 8.66. The summed E-state index contributed by atoms with van der Waals surface area (Å²) in [5, 5.41) is 12.1. The largest absolute Gasteiger partial charge is 0.497 e. The topological polar surface area (TPSA) is 91.7 Å². The van der Waals surface area contributed by atoms with Gasteiger partial charge >= 0.3 is 0 Å². The molecule has 2 amide bonds. The molecule has 0 aliphatic carbocycles. The molecule has 0 unspecified atom stereocenters. The van der Waals surface area contributed by atoms with Crippen LogP contribution in [0.1, 0.15) is 11.1 Å². The number of hydrogen-bond acceptors (Lipinski definition) is 6. The van der Waals surface area contributed by atoms with Crippen LogP contribution < -0.4 is 19.7 Å². The van der Waals surface area contributed by atoms with Gasteiger partial charge in [-0.3, -0.25) is 9.59 Å². The highest BCUT2D eigenvalue weighted by Crippen LogP contribution is 2.36. The lowest BCUT2D eigenvalue weighted by molar-refractivity contribution is -0.120. The van der Waals surface area contributed by atoms with E-state index in [0.717, 1.165) is 4.90 Å². The molecule has 1 heterocycles. The minimum Gasteiger partial charge on any atom is -0.497 e. The smallest absolute Gasteiger partial charge is 0.282 e. The van der Waals surface area contributed by atoms with Gasteiger partial charge in [-0.2, -0.15) is 5.26 Å². The summed E-state index contributed by atoms with van der Waals surface area (Å²) in [5.41, 5.74) is 2.26. The highest BCUT2D eigenvalue weighted by atomic mass is 16.5. The molecule has 1 aliphatic heterocycles. The van der Waals surface area contributed by atoms with Crippen LogP contribution in [-0.2, 0) is 9.59 Å². The Hall–Kier alpha value is -4.57. The fourth-order valence-electron chi connectivity index (χ4n) is 3.48. The second-order valence-electron chi connectivity index (χ2n) is 6.91. The number of nitrogens with one attached hydrogen (secondary N) is 1. The summed E-state index contributed by atoms with van der Waals surface area (Å²) < 4.78 is 10.7. The normalized spacial score (nSPS) is 13.2. The van der Waals surface area contributed by atoms with E-state index in [1.54, 1.807) is 66.7 Å². The zero-order valence-corrected chi connectivity index (χ0v) is 17.5. The predicted octanol–water partition coefficient (Wildman–Crippen LogP) is 3.97. The molecule has 1 aliphatic rings. The lowest BCUT2D eigenvalue weighted by atomic mass is 10.0. The van der Waals surface area contributed by atoms with Crippen LogP contribution >= 0.6 is 0 Å². The van der Waals surface area contributed by atoms with Gasteiger partial charge in [-0.25, -0.2) is 4.90 Å². The third-order valence-electron chi connectivity index (χ3n) is 5.07. The maximum Gasteiger partial charge on any atom is 0.282 e. The van der Waals surface area contributed by atoms with Gasteiger partial charge < -0.3 is 14.8 Å². The Morgan fingerprint density at radius 1 is 0.875 bits per heavy atom. The molecule has 32 heavy (non-hydrogen) atoms. The van der Waals surface area contributed by atoms with Gasteiger partial charge in [0.05, 0.1) is 42.8 Å². The van der Waals surface area contributed by atoms with Crippen molar-refractivity contribution >= 4 is 28.8 Å². The molecule has 1 N–H and O–H groups in total. The Balaban J connectivity index is 1.83. The molecule has 0 atom stereocenters. The van der Waals surface area contributed by atoms with Gasteiger partial charge in [-0.15, -0.1) is 0 Å². The van der Waals surface area contributed by atoms with E-state index < -0.39 is 11.8 Å². The van der Waals surface area contributed by atoms with E-state index in [0.29, 0.717) is 34.0 Å². The highest BCUT2D eigenvalue weighted by Gasteiger charge is 2.40. The SMILES string of the molecule is COc1ccc(OC)c(NC2=C(c3ccccc3)C(=O)N(c3ccc(C#N)cc3)C2=O)c1. The number of benzene rings is 3. The summed E-state index contributed by atoms with van der Waals surface area (Å²) in [6.45, 7) is 0.